The highest BCUT2D eigenvalue weighted by molar-refractivity contribution is 6.30. The highest BCUT2D eigenvalue weighted by Gasteiger charge is 2.61. The van der Waals surface area contributed by atoms with Crippen LogP contribution >= 0.6 is 24.0 Å². The summed E-state index contributed by atoms with van der Waals surface area (Å²) in [6.45, 7) is 0. The Kier molecular flexibility index (Phi) is 5.34. The maximum absolute atomic E-state index is 12.9. The number of halogens is 8. The number of hydrogen-bond donors (Lipinski definition) is 1. The molecule has 104 valence electrons. The van der Waals surface area contributed by atoms with Gasteiger partial charge >= 0.3 is 12.1 Å². The Bertz CT molecular complexity index is 420. The fourth-order valence-corrected chi connectivity index (χ4v) is 1.28. The first-order valence-electron chi connectivity index (χ1n) is 4.22. The van der Waals surface area contributed by atoms with Gasteiger partial charge in [0.1, 0.15) is 11.9 Å². The molecule has 9 heteroatoms. The van der Waals surface area contributed by atoms with Gasteiger partial charge in [0.25, 0.3) is 0 Å². The molecule has 0 fully saturated rings. The van der Waals surface area contributed by atoms with E-state index in [1.807, 2.05) is 0 Å². The van der Waals surface area contributed by atoms with Crippen molar-refractivity contribution < 1.29 is 26.3 Å². The minimum absolute atomic E-state index is 0. The van der Waals surface area contributed by atoms with Crippen LogP contribution in [0.3, 0.4) is 0 Å². The smallest absolute Gasteiger partial charge is 0.319 e. The summed E-state index contributed by atoms with van der Waals surface area (Å²) in [5.41, 5.74) is 4.23. The van der Waals surface area contributed by atoms with Crippen molar-refractivity contribution in [2.75, 3.05) is 0 Å². The lowest BCUT2D eigenvalue weighted by Gasteiger charge is -2.26. The third kappa shape index (κ3) is 3.21. The van der Waals surface area contributed by atoms with Gasteiger partial charge in [0.05, 0.1) is 5.02 Å². The zero-order chi connectivity index (χ0) is 13.4. The van der Waals surface area contributed by atoms with Crippen molar-refractivity contribution in [3.05, 3.63) is 34.6 Å². The third-order valence-corrected chi connectivity index (χ3v) is 2.36. The van der Waals surface area contributed by atoms with E-state index in [0.29, 0.717) is 12.1 Å². The summed E-state index contributed by atoms with van der Waals surface area (Å²) in [5, 5.41) is -0.573. The Balaban J connectivity index is 0.00000289. The average molecular weight is 314 g/mol. The van der Waals surface area contributed by atoms with Crippen molar-refractivity contribution in [1.82, 2.24) is 0 Å². The highest BCUT2D eigenvalue weighted by Crippen LogP contribution is 2.43. The molecular formula is C9H7Cl2F6N. The summed E-state index contributed by atoms with van der Waals surface area (Å²) in [6.07, 6.45) is -5.78. The second kappa shape index (κ2) is 5.54. The Labute approximate surface area is 109 Å². The van der Waals surface area contributed by atoms with Crippen LogP contribution in [0.4, 0.5) is 26.3 Å². The van der Waals surface area contributed by atoms with Crippen LogP contribution in [0.15, 0.2) is 18.2 Å². The molecular weight excluding hydrogens is 307 g/mol. The molecule has 1 aromatic carbocycles. The summed E-state index contributed by atoms with van der Waals surface area (Å²) in [7, 11) is 0. The predicted octanol–water partition coefficient (Wildman–Crippen LogP) is 4.10. The van der Waals surface area contributed by atoms with Gasteiger partial charge in [-0.2, -0.15) is 22.0 Å². The first kappa shape index (κ1) is 17.3. The van der Waals surface area contributed by atoms with Crippen LogP contribution < -0.4 is 5.73 Å². The Morgan fingerprint density at radius 3 is 2.00 bits per heavy atom. The molecule has 0 amide bonds. The van der Waals surface area contributed by atoms with Crippen molar-refractivity contribution >= 4 is 24.0 Å². The Morgan fingerprint density at radius 2 is 1.61 bits per heavy atom. The molecule has 1 aromatic rings. The van der Waals surface area contributed by atoms with E-state index < -0.39 is 34.5 Å². The van der Waals surface area contributed by atoms with Gasteiger partial charge in [-0.3, -0.25) is 0 Å². The van der Waals surface area contributed by atoms with Crippen LogP contribution in [0.25, 0.3) is 0 Å². The molecule has 0 radical (unpaired) electrons. The average Bonchev–Trinajstić information content (AvgIpc) is 2.19. The van der Waals surface area contributed by atoms with E-state index in [2.05, 4.69) is 0 Å². The molecule has 0 aliphatic rings. The number of nitrogens with two attached hydrogens (primary N) is 1. The molecule has 0 heterocycles. The van der Waals surface area contributed by atoms with Gasteiger partial charge in [-0.15, -0.1) is 12.4 Å². The summed E-state index contributed by atoms with van der Waals surface area (Å²) in [6, 6.07) is -0.600. The lowest BCUT2D eigenvalue weighted by molar-refractivity contribution is -0.291. The topological polar surface area (TPSA) is 26.0 Å². The molecule has 0 aliphatic heterocycles. The molecule has 0 aliphatic carbocycles. The maximum atomic E-state index is 12.9. The van der Waals surface area contributed by atoms with Gasteiger partial charge in [0.2, 0.25) is 0 Å². The Hall–Kier alpha value is -0.660. The molecule has 0 aromatic heterocycles. The summed E-state index contributed by atoms with van der Waals surface area (Å²) >= 11 is 5.27. The fourth-order valence-electron chi connectivity index (χ4n) is 1.09. The third-order valence-electron chi connectivity index (χ3n) is 2.07. The van der Waals surface area contributed by atoms with Crippen LogP contribution in [-0.2, 0) is 0 Å². The van der Waals surface area contributed by atoms with Gasteiger partial charge < -0.3 is 5.73 Å². The van der Waals surface area contributed by atoms with Gasteiger partial charge in [-0.1, -0.05) is 17.7 Å². The molecule has 0 bridgehead atoms. The van der Waals surface area contributed by atoms with Gasteiger partial charge in [-0.25, -0.2) is 4.39 Å². The molecule has 1 atom stereocenters. The predicted molar refractivity (Wildman–Crippen MR) is 56.6 cm³/mol. The first-order valence-corrected chi connectivity index (χ1v) is 4.60. The second-order valence-electron chi connectivity index (χ2n) is 3.27. The van der Waals surface area contributed by atoms with Gasteiger partial charge in [0.15, 0.2) is 0 Å². The van der Waals surface area contributed by atoms with E-state index in [9.17, 15) is 26.3 Å². The minimum atomic E-state index is -5.78. The first-order chi connectivity index (χ1) is 7.57. The van der Waals surface area contributed by atoms with Crippen molar-refractivity contribution in [2.45, 2.75) is 18.1 Å². The molecule has 2 N–H and O–H groups in total. The van der Waals surface area contributed by atoms with Crippen molar-refractivity contribution in [1.29, 1.82) is 0 Å². The Morgan fingerprint density at radius 1 is 1.11 bits per heavy atom. The van der Waals surface area contributed by atoms with Gasteiger partial charge in [0, 0.05) is 0 Å². The number of hydrogen-bond acceptors (Lipinski definition) is 1. The van der Waals surface area contributed by atoms with E-state index in [-0.39, 0.29) is 12.4 Å². The van der Waals surface area contributed by atoms with Crippen LogP contribution in [-0.4, -0.2) is 12.1 Å². The molecule has 18 heavy (non-hydrogen) atoms. The number of benzene rings is 1. The maximum Gasteiger partial charge on any atom is 0.455 e. The minimum Gasteiger partial charge on any atom is -0.319 e. The summed E-state index contributed by atoms with van der Waals surface area (Å²) < 4.78 is 74.5. The monoisotopic (exact) mass is 313 g/mol. The van der Waals surface area contributed by atoms with E-state index in [4.69, 9.17) is 17.3 Å². The quantitative estimate of drug-likeness (QED) is 0.817. The summed E-state index contributed by atoms with van der Waals surface area (Å²) in [4.78, 5) is 0. The van der Waals surface area contributed by atoms with E-state index in [1.54, 1.807) is 0 Å². The standard InChI is InChI=1S/C9H6ClF6N.ClH/c10-5-3-4(1-2-6(5)11)7(17)8(12,13)9(14,15)16;/h1-3,7H,17H2;1H/t7-;/m1./s1. The molecule has 0 saturated carbocycles. The zero-order valence-electron chi connectivity index (χ0n) is 8.44. The number of rotatable bonds is 2. The summed E-state index contributed by atoms with van der Waals surface area (Å²) in [5.74, 6) is -6.05. The molecule has 0 unspecified atom stereocenters. The molecule has 1 rings (SSSR count). The molecule has 0 saturated heterocycles. The van der Waals surface area contributed by atoms with Crippen LogP contribution in [0.2, 0.25) is 5.02 Å². The van der Waals surface area contributed by atoms with Crippen LogP contribution in [0.5, 0.6) is 0 Å². The fraction of sp³-hybridized carbons (Fsp3) is 0.333. The largest absolute Gasteiger partial charge is 0.455 e. The van der Waals surface area contributed by atoms with E-state index in [0.717, 1.165) is 6.07 Å². The lowest BCUT2D eigenvalue weighted by atomic mass is 10.0. The van der Waals surface area contributed by atoms with Crippen molar-refractivity contribution in [2.24, 2.45) is 5.73 Å². The van der Waals surface area contributed by atoms with Crippen molar-refractivity contribution in [3.8, 4) is 0 Å². The molecule has 1 nitrogen and oxygen atoms in total. The highest BCUT2D eigenvalue weighted by atomic mass is 35.5. The zero-order valence-corrected chi connectivity index (χ0v) is 10.0. The second-order valence-corrected chi connectivity index (χ2v) is 3.68. The lowest BCUT2D eigenvalue weighted by Crippen LogP contribution is -2.45. The normalized spacial score (nSPS) is 14.0. The van der Waals surface area contributed by atoms with Crippen LogP contribution in [0.1, 0.15) is 11.6 Å². The van der Waals surface area contributed by atoms with Crippen molar-refractivity contribution in [3.63, 3.8) is 0 Å². The van der Waals surface area contributed by atoms with E-state index >= 15 is 0 Å². The van der Waals surface area contributed by atoms with Gasteiger partial charge in [-0.05, 0) is 17.7 Å². The number of alkyl halides is 5. The van der Waals surface area contributed by atoms with E-state index in [1.165, 1.54) is 0 Å². The SMILES string of the molecule is Cl.N[C@H](c1ccc(F)c(Cl)c1)C(F)(F)C(F)(F)F. The van der Waals surface area contributed by atoms with Crippen LogP contribution in [0, 0.1) is 5.82 Å². The molecule has 0 spiro atoms.